The lowest BCUT2D eigenvalue weighted by molar-refractivity contribution is -0.384. The van der Waals surface area contributed by atoms with Gasteiger partial charge < -0.3 is 14.2 Å². The summed E-state index contributed by atoms with van der Waals surface area (Å²) in [5, 5.41) is 11.9. The summed E-state index contributed by atoms with van der Waals surface area (Å²) in [4.78, 5) is 27.0. The van der Waals surface area contributed by atoms with Gasteiger partial charge >= 0.3 is 5.97 Å². The summed E-state index contributed by atoms with van der Waals surface area (Å²) >= 11 is 12.0. The number of cyclic esters (lactones) is 1. The number of hydrogen-bond acceptors (Lipinski definition) is 7. The highest BCUT2D eigenvalue weighted by molar-refractivity contribution is 6.34. The van der Waals surface area contributed by atoms with Crippen LogP contribution < -0.4 is 9.47 Å². The van der Waals surface area contributed by atoms with Crippen molar-refractivity contribution in [3.63, 3.8) is 0 Å². The van der Waals surface area contributed by atoms with Crippen LogP contribution in [-0.4, -0.2) is 23.9 Å². The van der Waals surface area contributed by atoms with Gasteiger partial charge in [-0.1, -0.05) is 41.4 Å². The van der Waals surface area contributed by atoms with E-state index in [-0.39, 0.29) is 27.9 Å². The van der Waals surface area contributed by atoms with E-state index in [0.29, 0.717) is 28.7 Å². The summed E-state index contributed by atoms with van der Waals surface area (Å²) in [5.74, 6) is 0.154. The molecule has 1 heterocycles. The average Bonchev–Trinajstić information content (AvgIpc) is 3.19. The molecule has 8 nitrogen and oxygen atoms in total. The Hall–Kier alpha value is -3.88. The van der Waals surface area contributed by atoms with Crippen molar-refractivity contribution in [2.75, 3.05) is 7.11 Å². The van der Waals surface area contributed by atoms with Crippen molar-refractivity contribution in [1.29, 1.82) is 0 Å². The Kier molecular flexibility index (Phi) is 6.81. The minimum Gasteiger partial charge on any atom is -0.493 e. The van der Waals surface area contributed by atoms with Crippen LogP contribution in [0.15, 0.2) is 71.4 Å². The lowest BCUT2D eigenvalue weighted by Crippen LogP contribution is -2.06. The molecule has 1 aliphatic heterocycles. The lowest BCUT2D eigenvalue weighted by atomic mass is 10.1. The summed E-state index contributed by atoms with van der Waals surface area (Å²) in [6, 6.07) is 16.2. The van der Waals surface area contributed by atoms with E-state index in [1.165, 1.54) is 31.4 Å². The van der Waals surface area contributed by atoms with Crippen molar-refractivity contribution < 1.29 is 23.9 Å². The van der Waals surface area contributed by atoms with Crippen molar-refractivity contribution in [1.82, 2.24) is 0 Å². The summed E-state index contributed by atoms with van der Waals surface area (Å²) < 4.78 is 16.5. The predicted octanol–water partition coefficient (Wildman–Crippen LogP) is 5.83. The summed E-state index contributed by atoms with van der Waals surface area (Å²) in [6.45, 7) is 0.317. The number of aliphatic imine (C=N–C) groups is 1. The fourth-order valence-electron chi connectivity index (χ4n) is 3.11. The molecule has 4 rings (SSSR count). The molecule has 10 heteroatoms. The van der Waals surface area contributed by atoms with E-state index in [2.05, 4.69) is 4.99 Å². The first-order valence-corrected chi connectivity index (χ1v) is 10.6. The Labute approximate surface area is 204 Å². The predicted molar refractivity (Wildman–Crippen MR) is 127 cm³/mol. The average molecular weight is 499 g/mol. The molecule has 0 atom stereocenters. The molecule has 0 aromatic heterocycles. The van der Waals surface area contributed by atoms with Crippen LogP contribution in [0.2, 0.25) is 10.0 Å². The van der Waals surface area contributed by atoms with E-state index in [1.54, 1.807) is 30.3 Å². The quantitative estimate of drug-likeness (QED) is 0.175. The molecule has 0 N–H and O–H groups in total. The number of nitro benzene ring substituents is 1. The molecule has 3 aromatic carbocycles. The minimum atomic E-state index is -0.709. The van der Waals surface area contributed by atoms with Crippen LogP contribution >= 0.6 is 23.2 Å². The van der Waals surface area contributed by atoms with Crippen LogP contribution in [-0.2, 0) is 16.1 Å². The molecular formula is C24H16Cl2N2O6. The van der Waals surface area contributed by atoms with Crippen molar-refractivity contribution in [3.05, 3.63) is 103 Å². The SMILES string of the molecule is COc1cc(/C=C2\N=C(c3cc([N+](=O)[O-])ccc3Cl)OC2=O)ccc1OCc1ccc(Cl)cc1. The van der Waals surface area contributed by atoms with E-state index in [9.17, 15) is 14.9 Å². The first-order valence-electron chi connectivity index (χ1n) is 9.86. The van der Waals surface area contributed by atoms with Crippen LogP contribution in [0.25, 0.3) is 6.08 Å². The number of halogens is 2. The van der Waals surface area contributed by atoms with Crippen LogP contribution in [0.4, 0.5) is 5.69 Å². The van der Waals surface area contributed by atoms with Gasteiger partial charge in [0, 0.05) is 17.2 Å². The third-order valence-corrected chi connectivity index (χ3v) is 5.39. The Morgan fingerprint density at radius 3 is 2.53 bits per heavy atom. The Bertz CT molecular complexity index is 1340. The minimum absolute atomic E-state index is 0.00876. The first-order chi connectivity index (χ1) is 16.3. The molecular weight excluding hydrogens is 483 g/mol. The number of hydrogen-bond donors (Lipinski definition) is 0. The molecule has 0 spiro atoms. The van der Waals surface area contributed by atoms with Crippen molar-refractivity contribution >= 4 is 46.8 Å². The van der Waals surface area contributed by atoms with Gasteiger partial charge in [-0.05, 0) is 47.5 Å². The van der Waals surface area contributed by atoms with Gasteiger partial charge in [0.25, 0.3) is 5.69 Å². The Morgan fingerprint density at radius 1 is 1.06 bits per heavy atom. The molecule has 0 aliphatic carbocycles. The second-order valence-electron chi connectivity index (χ2n) is 7.08. The van der Waals surface area contributed by atoms with Crippen LogP contribution in [0.1, 0.15) is 16.7 Å². The maximum absolute atomic E-state index is 12.3. The molecule has 0 radical (unpaired) electrons. The zero-order valence-electron chi connectivity index (χ0n) is 17.7. The van der Waals surface area contributed by atoms with Crippen LogP contribution in [0.3, 0.4) is 0 Å². The smallest absolute Gasteiger partial charge is 0.363 e. The fraction of sp³-hybridized carbons (Fsp3) is 0.0833. The summed E-state index contributed by atoms with van der Waals surface area (Å²) in [7, 11) is 1.51. The number of non-ortho nitro benzene ring substituents is 1. The molecule has 0 fully saturated rings. The molecule has 1 aliphatic rings. The van der Waals surface area contributed by atoms with Gasteiger partial charge in [-0.25, -0.2) is 9.79 Å². The maximum atomic E-state index is 12.3. The molecule has 0 saturated heterocycles. The number of carbonyl (C=O) groups excluding carboxylic acids is 1. The monoisotopic (exact) mass is 498 g/mol. The number of esters is 1. The number of rotatable bonds is 7. The Morgan fingerprint density at radius 2 is 1.82 bits per heavy atom. The zero-order chi connectivity index (χ0) is 24.2. The van der Waals surface area contributed by atoms with Gasteiger partial charge in [-0.15, -0.1) is 0 Å². The number of ether oxygens (including phenoxy) is 3. The molecule has 34 heavy (non-hydrogen) atoms. The summed E-state index contributed by atoms with van der Waals surface area (Å²) in [5.41, 5.74) is 1.51. The summed E-state index contributed by atoms with van der Waals surface area (Å²) in [6.07, 6.45) is 1.51. The third-order valence-electron chi connectivity index (χ3n) is 4.81. The zero-order valence-corrected chi connectivity index (χ0v) is 19.2. The normalized spacial score (nSPS) is 14.0. The lowest BCUT2D eigenvalue weighted by Gasteiger charge is -2.11. The van der Waals surface area contributed by atoms with Crippen molar-refractivity contribution in [3.8, 4) is 11.5 Å². The van der Waals surface area contributed by atoms with Gasteiger partial charge in [-0.3, -0.25) is 10.1 Å². The van der Waals surface area contributed by atoms with Gasteiger partial charge in [-0.2, -0.15) is 0 Å². The van der Waals surface area contributed by atoms with E-state index in [4.69, 9.17) is 37.4 Å². The molecule has 172 valence electrons. The van der Waals surface area contributed by atoms with Gasteiger partial charge in [0.05, 0.1) is 22.6 Å². The Balaban J connectivity index is 1.57. The van der Waals surface area contributed by atoms with Crippen molar-refractivity contribution in [2.45, 2.75) is 6.61 Å². The van der Waals surface area contributed by atoms with E-state index in [1.807, 2.05) is 12.1 Å². The molecule has 0 amide bonds. The van der Waals surface area contributed by atoms with Crippen LogP contribution in [0, 0.1) is 10.1 Å². The third kappa shape index (κ3) is 5.19. The van der Waals surface area contributed by atoms with Crippen molar-refractivity contribution in [2.24, 2.45) is 4.99 Å². The largest absolute Gasteiger partial charge is 0.493 e. The van der Waals surface area contributed by atoms with E-state index in [0.717, 1.165) is 5.56 Å². The number of benzene rings is 3. The highest BCUT2D eigenvalue weighted by Gasteiger charge is 2.27. The van der Waals surface area contributed by atoms with Gasteiger partial charge in [0.2, 0.25) is 5.90 Å². The number of nitrogens with zero attached hydrogens (tertiary/aromatic N) is 2. The number of methoxy groups -OCH3 is 1. The highest BCUT2D eigenvalue weighted by atomic mass is 35.5. The fourth-order valence-corrected chi connectivity index (χ4v) is 3.43. The maximum Gasteiger partial charge on any atom is 0.363 e. The molecule has 3 aromatic rings. The topological polar surface area (TPSA) is 100 Å². The second kappa shape index (κ2) is 9.94. The highest BCUT2D eigenvalue weighted by Crippen LogP contribution is 2.31. The molecule has 0 unspecified atom stereocenters. The van der Waals surface area contributed by atoms with Gasteiger partial charge in [0.15, 0.2) is 17.2 Å². The second-order valence-corrected chi connectivity index (χ2v) is 7.93. The molecule has 0 saturated carbocycles. The number of nitro groups is 1. The van der Waals surface area contributed by atoms with E-state index < -0.39 is 10.9 Å². The van der Waals surface area contributed by atoms with E-state index >= 15 is 0 Å². The van der Waals surface area contributed by atoms with Gasteiger partial charge in [0.1, 0.15) is 6.61 Å². The standard InChI is InChI=1S/C24H16Cl2N2O6/c1-32-22-11-15(4-9-21(22)33-13-14-2-5-16(25)6-3-14)10-20-24(29)34-23(27-20)18-12-17(28(30)31)7-8-19(18)26/h2-12H,13H2,1H3/b20-10-. The molecule has 0 bridgehead atoms. The van der Waals surface area contributed by atoms with Crippen LogP contribution in [0.5, 0.6) is 11.5 Å². The first kappa shape index (κ1) is 23.3. The number of carbonyl (C=O) groups is 1.